The molecule has 0 radical (unpaired) electrons. The summed E-state index contributed by atoms with van der Waals surface area (Å²) in [6.45, 7) is 3.63. The lowest BCUT2D eigenvalue weighted by atomic mass is 10.2. The van der Waals surface area contributed by atoms with Gasteiger partial charge in [-0.15, -0.1) is 0 Å². The maximum absolute atomic E-state index is 11.1. The van der Waals surface area contributed by atoms with Crippen LogP contribution in [0.2, 0.25) is 0 Å². The van der Waals surface area contributed by atoms with E-state index in [2.05, 4.69) is 15.0 Å². The zero-order chi connectivity index (χ0) is 10.3. The van der Waals surface area contributed by atoms with E-state index in [0.29, 0.717) is 22.4 Å². The molecule has 0 saturated carbocycles. The lowest BCUT2D eigenvalue weighted by Crippen LogP contribution is -2.10. The first-order valence-electron chi connectivity index (χ1n) is 4.21. The van der Waals surface area contributed by atoms with E-state index in [4.69, 9.17) is 5.73 Å². The number of hydrogen-bond acceptors (Lipinski definition) is 3. The third kappa shape index (κ3) is 1.14. The molecule has 1 amide bonds. The van der Waals surface area contributed by atoms with E-state index in [1.807, 2.05) is 6.92 Å². The number of carbonyl (C=O) groups excluding carboxylic acids is 1. The summed E-state index contributed by atoms with van der Waals surface area (Å²) in [5, 5.41) is 0.711. The molecule has 0 aliphatic heterocycles. The molecule has 0 fully saturated rings. The summed E-state index contributed by atoms with van der Waals surface area (Å²) in [4.78, 5) is 22.3. The number of carbonyl (C=O) groups is 1. The van der Waals surface area contributed by atoms with Crippen LogP contribution in [0, 0.1) is 13.8 Å². The van der Waals surface area contributed by atoms with E-state index in [-0.39, 0.29) is 0 Å². The Kier molecular flexibility index (Phi) is 1.73. The van der Waals surface area contributed by atoms with Gasteiger partial charge in [0.15, 0.2) is 0 Å². The molecule has 0 aromatic carbocycles. The number of aryl methyl sites for hydroxylation is 2. The standard InChI is InChI=1S/C9H10N4O/c1-4-7-6(8(10)14)3-11-9(7)13-5(2)12-4/h3H,1-2H3,(H2,10,14)(H,11,12,13). The largest absolute Gasteiger partial charge is 0.366 e. The molecule has 72 valence electrons. The smallest absolute Gasteiger partial charge is 0.250 e. The normalized spacial score (nSPS) is 10.7. The molecule has 2 heterocycles. The number of aromatic amines is 1. The van der Waals surface area contributed by atoms with Gasteiger partial charge in [-0.05, 0) is 13.8 Å². The fourth-order valence-corrected chi connectivity index (χ4v) is 1.55. The predicted octanol–water partition coefficient (Wildman–Crippen LogP) is 0.674. The van der Waals surface area contributed by atoms with Crippen molar-refractivity contribution in [2.24, 2.45) is 5.73 Å². The van der Waals surface area contributed by atoms with Gasteiger partial charge in [0.25, 0.3) is 5.91 Å². The highest BCUT2D eigenvalue weighted by molar-refractivity contribution is 6.05. The number of primary amides is 1. The molecule has 0 unspecified atom stereocenters. The van der Waals surface area contributed by atoms with Crippen molar-refractivity contribution in [2.45, 2.75) is 13.8 Å². The van der Waals surface area contributed by atoms with Gasteiger partial charge in [-0.2, -0.15) is 0 Å². The summed E-state index contributed by atoms with van der Waals surface area (Å²) in [7, 11) is 0. The summed E-state index contributed by atoms with van der Waals surface area (Å²) < 4.78 is 0. The van der Waals surface area contributed by atoms with Crippen molar-refractivity contribution < 1.29 is 4.79 Å². The van der Waals surface area contributed by atoms with Crippen LogP contribution >= 0.6 is 0 Å². The van der Waals surface area contributed by atoms with Crippen molar-refractivity contribution >= 4 is 16.9 Å². The third-order valence-electron chi connectivity index (χ3n) is 2.09. The van der Waals surface area contributed by atoms with Gasteiger partial charge in [-0.3, -0.25) is 4.79 Å². The van der Waals surface area contributed by atoms with Crippen LogP contribution in [-0.2, 0) is 0 Å². The fourth-order valence-electron chi connectivity index (χ4n) is 1.55. The van der Waals surface area contributed by atoms with Gasteiger partial charge in [0.1, 0.15) is 11.5 Å². The molecule has 0 saturated heterocycles. The molecule has 0 spiro atoms. The molecular weight excluding hydrogens is 180 g/mol. The van der Waals surface area contributed by atoms with Crippen LogP contribution in [0.1, 0.15) is 21.9 Å². The van der Waals surface area contributed by atoms with Crippen molar-refractivity contribution in [1.29, 1.82) is 0 Å². The molecular formula is C9H10N4O. The maximum atomic E-state index is 11.1. The first-order chi connectivity index (χ1) is 6.59. The van der Waals surface area contributed by atoms with Crippen LogP contribution in [0.25, 0.3) is 11.0 Å². The van der Waals surface area contributed by atoms with Crippen molar-refractivity contribution in [3.63, 3.8) is 0 Å². The zero-order valence-corrected chi connectivity index (χ0v) is 7.96. The monoisotopic (exact) mass is 190 g/mol. The van der Waals surface area contributed by atoms with E-state index in [1.54, 1.807) is 13.1 Å². The summed E-state index contributed by atoms with van der Waals surface area (Å²) in [6.07, 6.45) is 1.56. The Labute approximate surface area is 80.4 Å². The Morgan fingerprint density at radius 3 is 2.79 bits per heavy atom. The summed E-state index contributed by atoms with van der Waals surface area (Å²) in [5.41, 5.74) is 7.08. The van der Waals surface area contributed by atoms with Crippen molar-refractivity contribution in [1.82, 2.24) is 15.0 Å². The summed E-state index contributed by atoms with van der Waals surface area (Å²) in [6, 6.07) is 0. The quantitative estimate of drug-likeness (QED) is 0.693. The average Bonchev–Trinajstić information content (AvgIpc) is 2.47. The molecule has 3 N–H and O–H groups in total. The average molecular weight is 190 g/mol. The number of amides is 1. The second-order valence-electron chi connectivity index (χ2n) is 3.15. The molecule has 14 heavy (non-hydrogen) atoms. The van der Waals surface area contributed by atoms with Crippen LogP contribution in [0.5, 0.6) is 0 Å². The molecule has 5 heteroatoms. The molecule has 0 aliphatic carbocycles. The van der Waals surface area contributed by atoms with Crippen LogP contribution in [0.3, 0.4) is 0 Å². The van der Waals surface area contributed by atoms with Gasteiger partial charge in [-0.1, -0.05) is 0 Å². The minimum Gasteiger partial charge on any atom is -0.366 e. The third-order valence-corrected chi connectivity index (χ3v) is 2.09. The van der Waals surface area contributed by atoms with E-state index >= 15 is 0 Å². The highest BCUT2D eigenvalue weighted by Crippen LogP contribution is 2.18. The first-order valence-corrected chi connectivity index (χ1v) is 4.21. The predicted molar refractivity (Wildman–Crippen MR) is 51.9 cm³/mol. The second-order valence-corrected chi connectivity index (χ2v) is 3.15. The van der Waals surface area contributed by atoms with Gasteiger partial charge in [0.05, 0.1) is 16.6 Å². The van der Waals surface area contributed by atoms with Gasteiger partial charge in [-0.25, -0.2) is 9.97 Å². The number of nitrogens with one attached hydrogen (secondary N) is 1. The van der Waals surface area contributed by atoms with Crippen LogP contribution in [0.15, 0.2) is 6.20 Å². The van der Waals surface area contributed by atoms with E-state index in [0.717, 1.165) is 5.69 Å². The Bertz CT molecular complexity index is 515. The molecule has 0 aliphatic rings. The van der Waals surface area contributed by atoms with Gasteiger partial charge >= 0.3 is 0 Å². The van der Waals surface area contributed by atoms with Gasteiger partial charge < -0.3 is 10.7 Å². The van der Waals surface area contributed by atoms with Crippen LogP contribution < -0.4 is 5.73 Å². The lowest BCUT2D eigenvalue weighted by Gasteiger charge is -1.98. The highest BCUT2D eigenvalue weighted by atomic mass is 16.1. The number of rotatable bonds is 1. The topological polar surface area (TPSA) is 84.7 Å². The van der Waals surface area contributed by atoms with Gasteiger partial charge in [0.2, 0.25) is 0 Å². The minimum absolute atomic E-state index is 0.442. The maximum Gasteiger partial charge on any atom is 0.250 e. The lowest BCUT2D eigenvalue weighted by molar-refractivity contribution is 0.100. The van der Waals surface area contributed by atoms with E-state index in [1.165, 1.54) is 0 Å². The molecule has 2 aromatic rings. The number of H-pyrrole nitrogens is 1. The fraction of sp³-hybridized carbons (Fsp3) is 0.222. The number of nitrogens with zero attached hydrogens (tertiary/aromatic N) is 2. The van der Waals surface area contributed by atoms with Crippen LogP contribution in [0.4, 0.5) is 0 Å². The van der Waals surface area contributed by atoms with Gasteiger partial charge in [0, 0.05) is 6.20 Å². The highest BCUT2D eigenvalue weighted by Gasteiger charge is 2.12. The number of nitrogens with two attached hydrogens (primary N) is 1. The molecule has 2 aromatic heterocycles. The first kappa shape index (κ1) is 8.68. The van der Waals surface area contributed by atoms with E-state index < -0.39 is 5.91 Å². The van der Waals surface area contributed by atoms with Crippen molar-refractivity contribution in [2.75, 3.05) is 0 Å². The Morgan fingerprint density at radius 1 is 1.43 bits per heavy atom. The van der Waals surface area contributed by atoms with E-state index in [9.17, 15) is 4.79 Å². The summed E-state index contributed by atoms with van der Waals surface area (Å²) >= 11 is 0. The zero-order valence-electron chi connectivity index (χ0n) is 7.96. The second kappa shape index (κ2) is 2.80. The van der Waals surface area contributed by atoms with Crippen molar-refractivity contribution in [3.8, 4) is 0 Å². The molecule has 0 bridgehead atoms. The molecule has 5 nitrogen and oxygen atoms in total. The minimum atomic E-state index is -0.466. The Morgan fingerprint density at radius 2 is 2.14 bits per heavy atom. The molecule has 0 atom stereocenters. The summed E-state index contributed by atoms with van der Waals surface area (Å²) in [5.74, 6) is 0.208. The van der Waals surface area contributed by atoms with Crippen LogP contribution in [-0.4, -0.2) is 20.9 Å². The number of fused-ring (bicyclic) bond motifs is 1. The Hall–Kier alpha value is -1.91. The van der Waals surface area contributed by atoms with Crippen molar-refractivity contribution in [3.05, 3.63) is 23.3 Å². The molecule has 2 rings (SSSR count). The Balaban J connectivity index is 2.85. The number of aromatic nitrogens is 3. The number of hydrogen-bond donors (Lipinski definition) is 2. The SMILES string of the molecule is Cc1nc(C)c2c(C(N)=O)c[nH]c2n1.